The summed E-state index contributed by atoms with van der Waals surface area (Å²) in [5, 5.41) is 0. The van der Waals surface area contributed by atoms with E-state index in [9.17, 15) is 4.79 Å². The van der Waals surface area contributed by atoms with Crippen LogP contribution >= 0.6 is 0 Å². The Bertz CT molecular complexity index is 524. The van der Waals surface area contributed by atoms with Crippen molar-refractivity contribution in [3.05, 3.63) is 29.8 Å². The van der Waals surface area contributed by atoms with Crippen molar-refractivity contribution in [2.24, 2.45) is 5.92 Å². The van der Waals surface area contributed by atoms with E-state index in [4.69, 9.17) is 18.9 Å². The van der Waals surface area contributed by atoms with Crippen LogP contribution in [0.15, 0.2) is 24.3 Å². The quantitative estimate of drug-likeness (QED) is 0.799. The number of hydrogen-bond acceptors (Lipinski definition) is 5. The normalized spacial score (nSPS) is 28.1. The highest BCUT2D eigenvalue weighted by molar-refractivity contribution is 5.74. The maximum Gasteiger partial charge on any atom is 0.311 e. The number of esters is 1. The summed E-state index contributed by atoms with van der Waals surface area (Å²) >= 11 is 0. The average molecular weight is 320 g/mol. The van der Waals surface area contributed by atoms with Gasteiger partial charge in [-0.25, -0.2) is 0 Å². The van der Waals surface area contributed by atoms with E-state index in [0.29, 0.717) is 13.2 Å². The van der Waals surface area contributed by atoms with Gasteiger partial charge in [-0.3, -0.25) is 4.79 Å². The number of benzene rings is 1. The number of para-hydroxylation sites is 1. The van der Waals surface area contributed by atoms with Crippen molar-refractivity contribution < 1.29 is 23.7 Å². The number of carbonyl (C=O) groups is 1. The standard InChI is InChI=1S/C18H24O5/c1-20-18(19)15-12-21-11-9-13(15)14-6-2-3-7-16(14)23-17-8-4-5-10-22-17/h2-3,6-7,13,15,17H,4-5,8-12H2,1H3/t13-,15-,17?/m0/s1. The van der Waals surface area contributed by atoms with Gasteiger partial charge in [-0.2, -0.15) is 0 Å². The first-order chi connectivity index (χ1) is 11.3. The molecule has 2 heterocycles. The van der Waals surface area contributed by atoms with Crippen molar-refractivity contribution in [3.63, 3.8) is 0 Å². The highest BCUT2D eigenvalue weighted by Gasteiger charge is 2.35. The van der Waals surface area contributed by atoms with Crippen LogP contribution in [-0.2, 0) is 19.0 Å². The van der Waals surface area contributed by atoms with E-state index in [1.807, 2.05) is 24.3 Å². The Labute approximate surface area is 136 Å². The maximum atomic E-state index is 12.1. The molecule has 5 heteroatoms. The number of ether oxygens (including phenoxy) is 4. The second-order valence-electron chi connectivity index (χ2n) is 6.05. The molecule has 1 aromatic carbocycles. The molecule has 2 aliphatic heterocycles. The molecule has 0 radical (unpaired) electrons. The van der Waals surface area contributed by atoms with Crippen molar-refractivity contribution in [1.29, 1.82) is 0 Å². The summed E-state index contributed by atoms with van der Waals surface area (Å²) in [6.45, 7) is 1.78. The van der Waals surface area contributed by atoms with Gasteiger partial charge in [0.2, 0.25) is 0 Å². The largest absolute Gasteiger partial charge is 0.469 e. The van der Waals surface area contributed by atoms with E-state index in [0.717, 1.165) is 43.6 Å². The lowest BCUT2D eigenvalue weighted by Crippen LogP contribution is -2.33. The molecule has 2 aliphatic rings. The third kappa shape index (κ3) is 3.85. The van der Waals surface area contributed by atoms with E-state index < -0.39 is 0 Å². The van der Waals surface area contributed by atoms with Gasteiger partial charge in [-0.05, 0) is 30.9 Å². The summed E-state index contributed by atoms with van der Waals surface area (Å²) < 4.78 is 22.2. The zero-order chi connectivity index (χ0) is 16.1. The summed E-state index contributed by atoms with van der Waals surface area (Å²) in [6.07, 6.45) is 3.70. The third-order valence-electron chi connectivity index (χ3n) is 4.58. The molecule has 0 amide bonds. The zero-order valence-electron chi connectivity index (χ0n) is 13.5. The van der Waals surface area contributed by atoms with Crippen LogP contribution < -0.4 is 4.74 Å². The Balaban J connectivity index is 1.81. The van der Waals surface area contributed by atoms with Gasteiger partial charge in [0.05, 0.1) is 26.2 Å². The Kier molecular flexibility index (Phi) is 5.51. The number of rotatable bonds is 4. The first kappa shape index (κ1) is 16.3. The molecule has 0 saturated carbocycles. The van der Waals surface area contributed by atoms with Crippen LogP contribution in [0, 0.1) is 5.92 Å². The second-order valence-corrected chi connectivity index (χ2v) is 6.05. The first-order valence-corrected chi connectivity index (χ1v) is 8.32. The Morgan fingerprint density at radius 1 is 1.17 bits per heavy atom. The molecule has 1 aromatic rings. The number of hydrogen-bond donors (Lipinski definition) is 0. The van der Waals surface area contributed by atoms with Gasteiger partial charge in [0.25, 0.3) is 0 Å². The van der Waals surface area contributed by atoms with Crippen molar-refractivity contribution in [2.75, 3.05) is 26.9 Å². The van der Waals surface area contributed by atoms with Crippen LogP contribution in [0.25, 0.3) is 0 Å². The predicted octanol–water partition coefficient (Wildman–Crippen LogP) is 2.89. The van der Waals surface area contributed by atoms with Gasteiger partial charge in [-0.15, -0.1) is 0 Å². The summed E-state index contributed by atoms with van der Waals surface area (Å²) in [6, 6.07) is 7.92. The topological polar surface area (TPSA) is 54.0 Å². The fourth-order valence-corrected chi connectivity index (χ4v) is 3.33. The van der Waals surface area contributed by atoms with Crippen LogP contribution in [0.3, 0.4) is 0 Å². The summed E-state index contributed by atoms with van der Waals surface area (Å²) in [4.78, 5) is 12.1. The van der Waals surface area contributed by atoms with E-state index in [2.05, 4.69) is 0 Å². The van der Waals surface area contributed by atoms with Crippen LogP contribution in [-0.4, -0.2) is 39.2 Å². The van der Waals surface area contributed by atoms with Crippen molar-refractivity contribution in [1.82, 2.24) is 0 Å². The summed E-state index contributed by atoms with van der Waals surface area (Å²) in [7, 11) is 1.42. The molecular formula is C18H24O5. The highest BCUT2D eigenvalue weighted by Crippen LogP contribution is 2.38. The van der Waals surface area contributed by atoms with Crippen molar-refractivity contribution in [2.45, 2.75) is 37.9 Å². The lowest BCUT2D eigenvalue weighted by atomic mass is 9.82. The van der Waals surface area contributed by atoms with Crippen LogP contribution in [0.2, 0.25) is 0 Å². The molecule has 2 fully saturated rings. The Morgan fingerprint density at radius 2 is 2.04 bits per heavy atom. The molecule has 23 heavy (non-hydrogen) atoms. The molecule has 5 nitrogen and oxygen atoms in total. The SMILES string of the molecule is COC(=O)[C@H]1COCC[C@H]1c1ccccc1OC1CCCCO1. The van der Waals surface area contributed by atoms with Gasteiger partial charge in [0.15, 0.2) is 6.29 Å². The minimum Gasteiger partial charge on any atom is -0.469 e. The van der Waals surface area contributed by atoms with Gasteiger partial charge in [-0.1, -0.05) is 18.2 Å². The van der Waals surface area contributed by atoms with E-state index in [-0.39, 0.29) is 24.1 Å². The predicted molar refractivity (Wildman–Crippen MR) is 84.3 cm³/mol. The lowest BCUT2D eigenvalue weighted by molar-refractivity contribution is -0.151. The molecule has 3 atom stereocenters. The lowest BCUT2D eigenvalue weighted by Gasteiger charge is -2.32. The smallest absolute Gasteiger partial charge is 0.311 e. The maximum absolute atomic E-state index is 12.1. The Hall–Kier alpha value is -1.59. The first-order valence-electron chi connectivity index (χ1n) is 8.32. The highest BCUT2D eigenvalue weighted by atomic mass is 16.7. The van der Waals surface area contributed by atoms with Crippen LogP contribution in [0.1, 0.15) is 37.2 Å². The molecule has 0 bridgehead atoms. The molecule has 0 N–H and O–H groups in total. The fraction of sp³-hybridized carbons (Fsp3) is 0.611. The van der Waals surface area contributed by atoms with Gasteiger partial charge in [0.1, 0.15) is 5.75 Å². The zero-order valence-corrected chi connectivity index (χ0v) is 13.5. The van der Waals surface area contributed by atoms with E-state index in [1.54, 1.807) is 0 Å². The van der Waals surface area contributed by atoms with E-state index in [1.165, 1.54) is 7.11 Å². The molecule has 0 spiro atoms. The van der Waals surface area contributed by atoms with Gasteiger partial charge < -0.3 is 18.9 Å². The fourth-order valence-electron chi connectivity index (χ4n) is 3.33. The second kappa shape index (κ2) is 7.79. The average Bonchev–Trinajstić information content (AvgIpc) is 2.62. The number of carbonyl (C=O) groups excluding carboxylic acids is 1. The van der Waals surface area contributed by atoms with Gasteiger partial charge >= 0.3 is 5.97 Å². The van der Waals surface area contributed by atoms with Crippen molar-refractivity contribution >= 4 is 5.97 Å². The molecule has 1 unspecified atom stereocenters. The molecule has 0 aliphatic carbocycles. The molecule has 3 rings (SSSR count). The van der Waals surface area contributed by atoms with E-state index >= 15 is 0 Å². The molecular weight excluding hydrogens is 296 g/mol. The number of methoxy groups -OCH3 is 1. The minimum atomic E-state index is -0.286. The summed E-state index contributed by atoms with van der Waals surface area (Å²) in [5.74, 6) is 0.348. The third-order valence-corrected chi connectivity index (χ3v) is 4.58. The van der Waals surface area contributed by atoms with Crippen molar-refractivity contribution in [3.8, 4) is 5.75 Å². The Morgan fingerprint density at radius 3 is 2.83 bits per heavy atom. The summed E-state index contributed by atoms with van der Waals surface area (Å²) in [5.41, 5.74) is 1.04. The molecule has 126 valence electrons. The van der Waals surface area contributed by atoms with Crippen LogP contribution in [0.4, 0.5) is 0 Å². The minimum absolute atomic E-state index is 0.0518. The molecule has 2 saturated heterocycles. The van der Waals surface area contributed by atoms with Gasteiger partial charge in [0, 0.05) is 18.9 Å². The van der Waals surface area contributed by atoms with Crippen LogP contribution in [0.5, 0.6) is 5.75 Å². The molecule has 0 aromatic heterocycles. The monoisotopic (exact) mass is 320 g/mol.